The quantitative estimate of drug-likeness (QED) is 0.281. The van der Waals surface area contributed by atoms with Crippen LogP contribution < -0.4 is 4.57 Å². The fourth-order valence-corrected chi connectivity index (χ4v) is 5.23. The summed E-state index contributed by atoms with van der Waals surface area (Å²) >= 11 is 0. The largest absolute Gasteiger partial charge is 0.212 e. The van der Waals surface area contributed by atoms with Crippen LogP contribution in [0.3, 0.4) is 0 Å². The van der Waals surface area contributed by atoms with Crippen LogP contribution in [0.2, 0.25) is 0 Å². The first-order chi connectivity index (χ1) is 15.0. The number of aromatic nitrogens is 1. The summed E-state index contributed by atoms with van der Waals surface area (Å²) in [5, 5.41) is 0. The molecule has 0 amide bonds. The molecule has 1 aliphatic rings. The van der Waals surface area contributed by atoms with E-state index in [4.69, 9.17) is 0 Å². The molecule has 0 atom stereocenters. The summed E-state index contributed by atoms with van der Waals surface area (Å²) in [6, 6.07) is 24.6. The van der Waals surface area contributed by atoms with E-state index in [1.807, 2.05) is 0 Å². The number of pyridine rings is 1. The van der Waals surface area contributed by atoms with Gasteiger partial charge in [-0.1, -0.05) is 68.4 Å². The molecule has 0 fully saturated rings. The zero-order valence-corrected chi connectivity index (χ0v) is 19.2. The van der Waals surface area contributed by atoms with Gasteiger partial charge in [0.05, 0.1) is 0 Å². The van der Waals surface area contributed by atoms with Crippen molar-refractivity contribution in [1.82, 2.24) is 0 Å². The standard InChI is InChI=1S/C30H30N/c1-19(2)28-18-31(5)29(15-20(28)3)25-17-27(22-11-7-6-8-12-22)30-24-14-10-9-13-23(24)16-26(30)21(25)4/h6-15,17-19H,16H2,1-5H3/q+1. The first-order valence-electron chi connectivity index (χ1n) is 11.3. The van der Waals surface area contributed by atoms with Crippen LogP contribution in [0.25, 0.3) is 33.5 Å². The molecule has 4 aromatic rings. The third kappa shape index (κ3) is 3.20. The lowest BCUT2D eigenvalue weighted by molar-refractivity contribution is -0.660. The molecule has 1 heteroatoms. The Balaban J connectivity index is 1.81. The Labute approximate surface area is 186 Å². The Morgan fingerprint density at radius 2 is 1.52 bits per heavy atom. The van der Waals surface area contributed by atoms with Crippen LogP contribution in [0.4, 0.5) is 0 Å². The summed E-state index contributed by atoms with van der Waals surface area (Å²) in [6.45, 7) is 9.09. The molecule has 0 saturated carbocycles. The van der Waals surface area contributed by atoms with Crippen LogP contribution in [-0.4, -0.2) is 0 Å². The Bertz CT molecular complexity index is 1300. The summed E-state index contributed by atoms with van der Waals surface area (Å²) in [4.78, 5) is 0. The van der Waals surface area contributed by atoms with Gasteiger partial charge in [0.25, 0.3) is 0 Å². The van der Waals surface area contributed by atoms with Gasteiger partial charge >= 0.3 is 0 Å². The van der Waals surface area contributed by atoms with Gasteiger partial charge in [-0.15, -0.1) is 0 Å². The van der Waals surface area contributed by atoms with Crippen LogP contribution in [-0.2, 0) is 13.5 Å². The summed E-state index contributed by atoms with van der Waals surface area (Å²) in [6.07, 6.45) is 3.33. The van der Waals surface area contributed by atoms with E-state index >= 15 is 0 Å². The molecule has 0 spiro atoms. The van der Waals surface area contributed by atoms with Gasteiger partial charge in [-0.05, 0) is 76.8 Å². The normalized spacial score (nSPS) is 12.2. The van der Waals surface area contributed by atoms with E-state index in [-0.39, 0.29) is 0 Å². The molecule has 154 valence electrons. The molecule has 1 nitrogen and oxygen atoms in total. The number of nitrogens with zero attached hydrogens (tertiary/aromatic N) is 1. The molecule has 0 unspecified atom stereocenters. The van der Waals surface area contributed by atoms with E-state index in [9.17, 15) is 0 Å². The third-order valence-corrected chi connectivity index (χ3v) is 6.87. The summed E-state index contributed by atoms with van der Waals surface area (Å²) < 4.78 is 2.31. The maximum atomic E-state index is 2.43. The predicted octanol–water partition coefficient (Wildman–Crippen LogP) is 7.16. The molecular weight excluding hydrogens is 374 g/mol. The second-order valence-corrected chi connectivity index (χ2v) is 9.21. The lowest BCUT2D eigenvalue weighted by atomic mass is 9.87. The molecule has 1 heterocycles. The molecule has 0 bridgehead atoms. The van der Waals surface area contributed by atoms with Crippen molar-refractivity contribution in [2.45, 2.75) is 40.0 Å². The second-order valence-electron chi connectivity index (χ2n) is 9.21. The van der Waals surface area contributed by atoms with E-state index < -0.39 is 0 Å². The van der Waals surface area contributed by atoms with Crippen molar-refractivity contribution < 1.29 is 4.57 Å². The van der Waals surface area contributed by atoms with Gasteiger partial charge in [-0.3, -0.25) is 0 Å². The Kier molecular flexibility index (Phi) is 4.78. The van der Waals surface area contributed by atoms with Gasteiger partial charge in [0.2, 0.25) is 5.69 Å². The lowest BCUT2D eigenvalue weighted by Gasteiger charge is -2.17. The number of rotatable bonds is 3. The highest BCUT2D eigenvalue weighted by Crippen LogP contribution is 2.47. The highest BCUT2D eigenvalue weighted by atomic mass is 14.9. The fourth-order valence-electron chi connectivity index (χ4n) is 5.23. The van der Waals surface area contributed by atoms with Crippen molar-refractivity contribution in [3.8, 4) is 33.5 Å². The molecular formula is C30H30N+. The lowest BCUT2D eigenvalue weighted by Crippen LogP contribution is -2.32. The minimum absolute atomic E-state index is 0.524. The molecule has 0 N–H and O–H groups in total. The first-order valence-corrected chi connectivity index (χ1v) is 11.3. The van der Waals surface area contributed by atoms with Gasteiger partial charge in [0, 0.05) is 17.2 Å². The minimum atomic E-state index is 0.524. The molecule has 0 saturated heterocycles. The average molecular weight is 405 g/mol. The fraction of sp³-hybridized carbons (Fsp3) is 0.233. The molecule has 1 aromatic heterocycles. The number of fused-ring (bicyclic) bond motifs is 3. The monoisotopic (exact) mass is 404 g/mol. The Hall–Kier alpha value is -3.19. The van der Waals surface area contributed by atoms with Crippen LogP contribution in [0.1, 0.15) is 47.6 Å². The SMILES string of the molecule is Cc1cc(-c2cc(-c3ccccc3)c3c(c2C)Cc2ccccc2-3)[n+](C)cc1C(C)C. The predicted molar refractivity (Wildman–Crippen MR) is 130 cm³/mol. The summed E-state index contributed by atoms with van der Waals surface area (Å²) in [5.74, 6) is 0.524. The smallest absolute Gasteiger partial charge is 0.201 e. The molecule has 31 heavy (non-hydrogen) atoms. The molecule has 0 aliphatic heterocycles. The van der Waals surface area contributed by atoms with Crippen LogP contribution in [0.5, 0.6) is 0 Å². The van der Waals surface area contributed by atoms with E-state index in [0.29, 0.717) is 5.92 Å². The summed E-state index contributed by atoms with van der Waals surface area (Å²) in [5.41, 5.74) is 15.2. The third-order valence-electron chi connectivity index (χ3n) is 6.87. The van der Waals surface area contributed by atoms with Crippen molar-refractivity contribution in [1.29, 1.82) is 0 Å². The number of hydrogen-bond donors (Lipinski definition) is 0. The highest BCUT2D eigenvalue weighted by molar-refractivity contribution is 5.94. The van der Waals surface area contributed by atoms with Crippen molar-refractivity contribution >= 4 is 0 Å². The van der Waals surface area contributed by atoms with E-state index in [1.165, 1.54) is 61.3 Å². The maximum Gasteiger partial charge on any atom is 0.212 e. The van der Waals surface area contributed by atoms with Crippen molar-refractivity contribution in [3.05, 3.63) is 101 Å². The van der Waals surface area contributed by atoms with E-state index in [1.54, 1.807) is 0 Å². The number of aryl methyl sites for hydroxylation is 2. The van der Waals surface area contributed by atoms with Crippen LogP contribution in [0, 0.1) is 13.8 Å². The van der Waals surface area contributed by atoms with Gasteiger partial charge in [0.15, 0.2) is 6.20 Å². The van der Waals surface area contributed by atoms with Gasteiger partial charge in [-0.25, -0.2) is 4.57 Å². The van der Waals surface area contributed by atoms with Gasteiger partial charge in [-0.2, -0.15) is 0 Å². The van der Waals surface area contributed by atoms with E-state index in [2.05, 4.69) is 112 Å². The van der Waals surface area contributed by atoms with Crippen LogP contribution >= 0.6 is 0 Å². The van der Waals surface area contributed by atoms with E-state index in [0.717, 1.165) is 6.42 Å². The zero-order chi connectivity index (χ0) is 21.7. The minimum Gasteiger partial charge on any atom is -0.201 e. The zero-order valence-electron chi connectivity index (χ0n) is 19.2. The van der Waals surface area contributed by atoms with Gasteiger partial charge < -0.3 is 0 Å². The van der Waals surface area contributed by atoms with Crippen molar-refractivity contribution in [2.24, 2.45) is 7.05 Å². The maximum absolute atomic E-state index is 2.43. The number of hydrogen-bond acceptors (Lipinski definition) is 0. The molecule has 5 rings (SSSR count). The van der Waals surface area contributed by atoms with Crippen molar-refractivity contribution in [2.75, 3.05) is 0 Å². The number of benzene rings is 3. The van der Waals surface area contributed by atoms with Crippen molar-refractivity contribution in [3.63, 3.8) is 0 Å². The topological polar surface area (TPSA) is 3.88 Å². The molecule has 0 radical (unpaired) electrons. The molecule has 1 aliphatic carbocycles. The Morgan fingerprint density at radius 3 is 2.26 bits per heavy atom. The van der Waals surface area contributed by atoms with Gasteiger partial charge in [0.1, 0.15) is 7.05 Å². The summed E-state index contributed by atoms with van der Waals surface area (Å²) in [7, 11) is 2.18. The highest BCUT2D eigenvalue weighted by Gasteiger charge is 2.28. The van der Waals surface area contributed by atoms with Crippen LogP contribution in [0.15, 0.2) is 72.9 Å². The second kappa shape index (κ2) is 7.50. The Morgan fingerprint density at radius 1 is 0.806 bits per heavy atom. The first kappa shape index (κ1) is 19.8. The average Bonchev–Trinajstić information content (AvgIpc) is 3.16. The molecule has 3 aromatic carbocycles.